The quantitative estimate of drug-likeness (QED) is 0.542. The summed E-state index contributed by atoms with van der Waals surface area (Å²) in [5, 5.41) is 3.01. The number of nitrogens with zero attached hydrogens (tertiary/aromatic N) is 4. The first-order valence-electron chi connectivity index (χ1n) is 10.3. The maximum atomic E-state index is 13.0. The number of nitrogens with one attached hydrogen (secondary N) is 2. The van der Waals surface area contributed by atoms with Crippen molar-refractivity contribution < 1.29 is 20.5 Å². The van der Waals surface area contributed by atoms with Crippen LogP contribution in [-0.4, -0.2) is 61.9 Å². The Morgan fingerprint density at radius 2 is 1.70 bits per heavy atom. The first kappa shape index (κ1) is 22.5. The molecule has 9 nitrogen and oxygen atoms in total. The average molecular weight is 475 g/mol. The molecule has 0 radical (unpaired) electrons. The topological polar surface area (TPSA) is 108 Å². The van der Waals surface area contributed by atoms with Crippen LogP contribution in [0.1, 0.15) is 2.85 Å². The minimum atomic E-state index is -3.75. The zero-order chi connectivity index (χ0) is 23.3. The van der Waals surface area contributed by atoms with Crippen LogP contribution >= 0.6 is 0 Å². The first-order valence-corrected chi connectivity index (χ1v) is 11.8. The van der Waals surface area contributed by atoms with E-state index in [1.165, 1.54) is 30.7 Å². The molecule has 1 fully saturated rings. The molecule has 2 heterocycles. The molecule has 0 unspecified atom stereocenters. The predicted molar refractivity (Wildman–Crippen MR) is 127 cm³/mol. The van der Waals surface area contributed by atoms with Crippen molar-refractivity contribution in [3.05, 3.63) is 72.9 Å². The second-order valence-corrected chi connectivity index (χ2v) is 9.10. The minimum absolute atomic E-state index is 0. The second kappa shape index (κ2) is 9.82. The molecule has 33 heavy (non-hydrogen) atoms. The van der Waals surface area contributed by atoms with Crippen molar-refractivity contribution in [2.75, 3.05) is 47.7 Å². The van der Waals surface area contributed by atoms with Crippen molar-refractivity contribution in [3.63, 3.8) is 0 Å². The molecule has 1 aliphatic rings. The van der Waals surface area contributed by atoms with E-state index in [1.807, 2.05) is 0 Å². The molecule has 0 spiro atoms. The fraction of sp³-hybridized carbons (Fsp3) is 0.227. The van der Waals surface area contributed by atoms with Crippen LogP contribution < -0.4 is 14.9 Å². The number of rotatable bonds is 7. The van der Waals surface area contributed by atoms with Gasteiger partial charge in [-0.15, -0.1) is 0 Å². The van der Waals surface area contributed by atoms with E-state index >= 15 is 0 Å². The van der Waals surface area contributed by atoms with E-state index in [4.69, 9.17) is 0 Å². The zero-order valence-electron chi connectivity index (χ0n) is 17.7. The lowest BCUT2D eigenvalue weighted by Gasteiger charge is -2.36. The fourth-order valence-corrected chi connectivity index (χ4v) is 4.46. The van der Waals surface area contributed by atoms with E-state index in [-0.39, 0.29) is 31.8 Å². The Balaban J connectivity index is 0.00000216. The largest absolute Gasteiger partial charge is 0.376 e. The molecule has 2 N–H and O–H groups in total. The molecule has 1 amide bonds. The number of hydrogen-bond acceptors (Lipinski definition) is 7. The highest BCUT2D eigenvalue weighted by atomic mass is 32.2. The molecule has 1 aromatic heterocycles. The molecule has 0 bridgehead atoms. The smallest absolute Gasteiger partial charge is 0.263 e. The third-order valence-corrected chi connectivity index (χ3v) is 6.62. The maximum Gasteiger partial charge on any atom is 0.263 e. The van der Waals surface area contributed by atoms with Crippen molar-refractivity contribution in [2.24, 2.45) is 0 Å². The molecular formula is C22H27FN6O3S. The van der Waals surface area contributed by atoms with Crippen LogP contribution in [0.25, 0.3) is 0 Å². The van der Waals surface area contributed by atoms with Gasteiger partial charge in [0.1, 0.15) is 18.0 Å². The molecular weight excluding hydrogens is 447 g/mol. The minimum Gasteiger partial charge on any atom is -0.376 e. The first-order chi connectivity index (χ1) is 15.9. The molecule has 176 valence electrons. The third-order valence-electron chi connectivity index (χ3n) is 5.25. The van der Waals surface area contributed by atoms with Gasteiger partial charge in [0.15, 0.2) is 0 Å². The van der Waals surface area contributed by atoms with Crippen molar-refractivity contribution in [2.45, 2.75) is 4.90 Å². The Hall–Kier alpha value is -3.73. The van der Waals surface area contributed by atoms with Gasteiger partial charge >= 0.3 is 0 Å². The number of piperazine rings is 1. The number of hydrogen-bond donors (Lipinski definition) is 2. The molecule has 0 saturated carbocycles. The van der Waals surface area contributed by atoms with E-state index in [0.29, 0.717) is 31.9 Å². The van der Waals surface area contributed by atoms with Crippen molar-refractivity contribution in [3.8, 4) is 0 Å². The SMILES string of the molecule is O=C(CNc1ccc(F)cc1)N1CCN(c2ccc(S(=O)(=O)Nc3ccncn3)cc2)CC1.[HH].[HH]. The van der Waals surface area contributed by atoms with Gasteiger partial charge in [0, 0.05) is 46.6 Å². The summed E-state index contributed by atoms with van der Waals surface area (Å²) in [5.74, 6) is -0.157. The average Bonchev–Trinajstić information content (AvgIpc) is 2.84. The number of sulfonamides is 1. The molecule has 1 saturated heterocycles. The lowest BCUT2D eigenvalue weighted by Crippen LogP contribution is -2.50. The van der Waals surface area contributed by atoms with E-state index in [2.05, 4.69) is 24.9 Å². The third kappa shape index (κ3) is 5.75. The van der Waals surface area contributed by atoms with Crippen LogP contribution in [0.3, 0.4) is 0 Å². The van der Waals surface area contributed by atoms with Gasteiger partial charge in [-0.05, 0) is 54.6 Å². The van der Waals surface area contributed by atoms with E-state index in [9.17, 15) is 17.6 Å². The second-order valence-electron chi connectivity index (χ2n) is 7.42. The van der Waals surface area contributed by atoms with Gasteiger partial charge in [-0.1, -0.05) is 0 Å². The fourth-order valence-electron chi connectivity index (χ4n) is 3.46. The van der Waals surface area contributed by atoms with Gasteiger partial charge in [-0.2, -0.15) is 0 Å². The summed E-state index contributed by atoms with van der Waals surface area (Å²) in [4.78, 5) is 24.1. The van der Waals surface area contributed by atoms with Gasteiger partial charge in [0.25, 0.3) is 10.0 Å². The zero-order valence-corrected chi connectivity index (χ0v) is 18.5. The molecule has 11 heteroatoms. The van der Waals surface area contributed by atoms with Gasteiger partial charge in [-0.25, -0.2) is 22.8 Å². The van der Waals surface area contributed by atoms with Gasteiger partial charge in [-0.3, -0.25) is 9.52 Å². The Labute approximate surface area is 194 Å². The number of anilines is 3. The standard InChI is InChI=1S/C22H23FN6O3S.2H2/c23-17-1-3-18(4-2-17)25-15-22(30)29-13-11-28(12-14-29)19-5-7-20(8-6-19)33(31,32)27-21-9-10-24-16-26-21;;/h1-10,16,25H,11-15H2,(H,24,26,27);2*1H. The van der Waals surface area contributed by atoms with Gasteiger partial charge < -0.3 is 15.1 Å². The number of carbonyl (C=O) groups is 1. The number of amides is 1. The van der Waals surface area contributed by atoms with Gasteiger partial charge in [0.2, 0.25) is 5.91 Å². The van der Waals surface area contributed by atoms with Crippen LogP contribution in [0.4, 0.5) is 21.6 Å². The van der Waals surface area contributed by atoms with Crippen LogP contribution in [0.15, 0.2) is 72.0 Å². The highest BCUT2D eigenvalue weighted by Crippen LogP contribution is 2.21. The van der Waals surface area contributed by atoms with Crippen molar-refractivity contribution in [1.29, 1.82) is 0 Å². The molecule has 2 aromatic carbocycles. The Bertz CT molecular complexity index is 1190. The number of benzene rings is 2. The normalized spacial score (nSPS) is 14.1. The predicted octanol–water partition coefficient (Wildman–Crippen LogP) is 2.67. The summed E-state index contributed by atoms with van der Waals surface area (Å²) in [7, 11) is -3.75. The van der Waals surface area contributed by atoms with E-state index < -0.39 is 10.0 Å². The number of halogens is 1. The van der Waals surface area contributed by atoms with Crippen LogP contribution in [0, 0.1) is 5.82 Å². The lowest BCUT2D eigenvalue weighted by atomic mass is 10.2. The Morgan fingerprint density at radius 3 is 2.33 bits per heavy atom. The summed E-state index contributed by atoms with van der Waals surface area (Å²) in [5.41, 5.74) is 1.57. The summed E-state index contributed by atoms with van der Waals surface area (Å²) < 4.78 is 40.5. The van der Waals surface area contributed by atoms with Crippen LogP contribution in [0.2, 0.25) is 0 Å². The Morgan fingerprint density at radius 1 is 1.00 bits per heavy atom. The summed E-state index contributed by atoms with van der Waals surface area (Å²) in [6.07, 6.45) is 2.72. The van der Waals surface area contributed by atoms with Gasteiger partial charge in [0.05, 0.1) is 11.4 Å². The highest BCUT2D eigenvalue weighted by Gasteiger charge is 2.22. The monoisotopic (exact) mass is 474 g/mol. The summed E-state index contributed by atoms with van der Waals surface area (Å²) in [6.45, 7) is 2.51. The molecule has 0 atom stereocenters. The van der Waals surface area contributed by atoms with Crippen LogP contribution in [0.5, 0.6) is 0 Å². The van der Waals surface area contributed by atoms with Crippen molar-refractivity contribution in [1.82, 2.24) is 14.9 Å². The highest BCUT2D eigenvalue weighted by molar-refractivity contribution is 7.92. The molecule has 1 aliphatic heterocycles. The molecule has 4 rings (SSSR count). The van der Waals surface area contributed by atoms with Crippen molar-refractivity contribution >= 4 is 33.1 Å². The molecule has 0 aliphatic carbocycles. The maximum absolute atomic E-state index is 13.0. The van der Waals surface area contributed by atoms with E-state index in [0.717, 1.165) is 5.69 Å². The summed E-state index contributed by atoms with van der Waals surface area (Å²) in [6, 6.07) is 13.9. The molecule has 3 aromatic rings. The number of aromatic nitrogens is 2. The lowest BCUT2D eigenvalue weighted by molar-refractivity contribution is -0.129. The van der Waals surface area contributed by atoms with Crippen LogP contribution in [-0.2, 0) is 14.8 Å². The summed E-state index contributed by atoms with van der Waals surface area (Å²) >= 11 is 0. The van der Waals surface area contributed by atoms with E-state index in [1.54, 1.807) is 41.3 Å². The number of carbonyl (C=O) groups excluding carboxylic acids is 1. The Kier molecular flexibility index (Phi) is 6.68.